The monoisotopic (exact) mass is 349 g/mol. The Morgan fingerprint density at radius 3 is 2.79 bits per heavy atom. The molecule has 0 atom stereocenters. The Morgan fingerprint density at radius 1 is 1.46 bits per heavy atom. The van der Waals surface area contributed by atoms with E-state index in [1.807, 2.05) is 6.07 Å². The van der Waals surface area contributed by atoms with Crippen molar-refractivity contribution in [1.82, 2.24) is 4.90 Å². The van der Waals surface area contributed by atoms with Crippen LogP contribution in [0.1, 0.15) is 22.5 Å². The van der Waals surface area contributed by atoms with E-state index < -0.39 is 5.82 Å². The number of likely N-dealkylation sites (N-methyl/N-ethyl adjacent to an activating group) is 1. The van der Waals surface area contributed by atoms with Crippen molar-refractivity contribution in [3.8, 4) is 6.07 Å². The van der Waals surface area contributed by atoms with E-state index in [9.17, 15) is 9.18 Å². The molecule has 0 aliphatic rings. The molecule has 0 fully saturated rings. The van der Waals surface area contributed by atoms with Gasteiger partial charge in [-0.3, -0.25) is 15.0 Å². The summed E-state index contributed by atoms with van der Waals surface area (Å²) in [5.41, 5.74) is 1.33. The highest BCUT2D eigenvalue weighted by Crippen LogP contribution is 2.25. The number of furan rings is 1. The number of halogens is 2. The first-order valence-electron chi connectivity index (χ1n) is 7.24. The largest absolute Gasteiger partial charge is 0.444 e. The average Bonchev–Trinajstić information content (AvgIpc) is 2.77. The number of anilines is 1. The van der Waals surface area contributed by atoms with Crippen molar-refractivity contribution in [2.24, 2.45) is 0 Å². The summed E-state index contributed by atoms with van der Waals surface area (Å²) in [5, 5.41) is 12.0. The van der Waals surface area contributed by atoms with Gasteiger partial charge in [-0.05, 0) is 33.0 Å². The molecule has 0 spiro atoms. The van der Waals surface area contributed by atoms with Gasteiger partial charge in [0.15, 0.2) is 0 Å². The summed E-state index contributed by atoms with van der Waals surface area (Å²) in [6, 6.07) is 6.46. The molecule has 0 saturated carbocycles. The third-order valence-corrected chi connectivity index (χ3v) is 4.01. The molecule has 2 rings (SSSR count). The number of nitrogens with one attached hydrogen (secondary N) is 1. The van der Waals surface area contributed by atoms with Gasteiger partial charge >= 0.3 is 0 Å². The Bertz CT molecular complexity index is 791. The van der Waals surface area contributed by atoms with Crippen molar-refractivity contribution < 1.29 is 13.6 Å². The van der Waals surface area contributed by atoms with Gasteiger partial charge in [-0.1, -0.05) is 17.7 Å². The van der Waals surface area contributed by atoms with Gasteiger partial charge in [0, 0.05) is 22.7 Å². The maximum atomic E-state index is 13.8. The fourth-order valence-electron chi connectivity index (χ4n) is 2.27. The predicted octanol–water partition coefficient (Wildman–Crippen LogP) is 3.63. The quantitative estimate of drug-likeness (QED) is 0.894. The molecule has 1 N–H and O–H groups in total. The first-order valence-corrected chi connectivity index (χ1v) is 7.62. The first kappa shape index (κ1) is 18.0. The molecule has 2 aromatic rings. The van der Waals surface area contributed by atoms with E-state index in [1.54, 1.807) is 31.9 Å². The standard InChI is InChI=1S/C17H17ClFN3O2/c1-10-11(2)24-17(12(10)7-20)21-16(23)9-22(3)8-13-14(18)5-4-6-15(13)19/h4-6H,8-9H2,1-3H3,(H,21,23). The van der Waals surface area contributed by atoms with Crippen LogP contribution in [0.4, 0.5) is 10.3 Å². The van der Waals surface area contributed by atoms with E-state index in [-0.39, 0.29) is 24.9 Å². The lowest BCUT2D eigenvalue weighted by Gasteiger charge is -2.17. The predicted molar refractivity (Wildman–Crippen MR) is 89.3 cm³/mol. The number of hydrogen-bond donors (Lipinski definition) is 1. The second-order valence-corrected chi connectivity index (χ2v) is 5.93. The summed E-state index contributed by atoms with van der Waals surface area (Å²) in [5.74, 6) is -0.0720. The molecule has 1 heterocycles. The highest BCUT2D eigenvalue weighted by Gasteiger charge is 2.18. The van der Waals surface area contributed by atoms with Crippen LogP contribution in [-0.2, 0) is 11.3 Å². The van der Waals surface area contributed by atoms with Crippen molar-refractivity contribution in [2.75, 3.05) is 18.9 Å². The average molecular weight is 350 g/mol. The first-order chi connectivity index (χ1) is 11.3. The Balaban J connectivity index is 2.03. The van der Waals surface area contributed by atoms with Gasteiger partial charge in [0.1, 0.15) is 23.2 Å². The number of amides is 1. The van der Waals surface area contributed by atoms with Crippen LogP contribution in [-0.4, -0.2) is 24.4 Å². The molecule has 24 heavy (non-hydrogen) atoms. The lowest BCUT2D eigenvalue weighted by atomic mass is 10.2. The lowest BCUT2D eigenvalue weighted by Crippen LogP contribution is -2.30. The van der Waals surface area contributed by atoms with Crippen LogP contribution in [0.3, 0.4) is 0 Å². The number of nitriles is 1. The third-order valence-electron chi connectivity index (χ3n) is 3.65. The number of aryl methyl sites for hydroxylation is 1. The van der Waals surface area contributed by atoms with Crippen LogP contribution < -0.4 is 5.32 Å². The number of benzene rings is 1. The summed E-state index contributed by atoms with van der Waals surface area (Å²) < 4.78 is 19.2. The fraction of sp³-hybridized carbons (Fsp3) is 0.294. The lowest BCUT2D eigenvalue weighted by molar-refractivity contribution is -0.117. The molecule has 0 aliphatic carbocycles. The van der Waals surface area contributed by atoms with Crippen molar-refractivity contribution in [3.63, 3.8) is 0 Å². The smallest absolute Gasteiger partial charge is 0.240 e. The van der Waals surface area contributed by atoms with E-state index in [0.717, 1.165) is 0 Å². The summed E-state index contributed by atoms with van der Waals surface area (Å²) in [6.07, 6.45) is 0. The molecule has 5 nitrogen and oxygen atoms in total. The van der Waals surface area contributed by atoms with Gasteiger partial charge < -0.3 is 4.42 Å². The molecular formula is C17H17ClFN3O2. The summed E-state index contributed by atoms with van der Waals surface area (Å²) in [6.45, 7) is 3.64. The molecule has 0 saturated heterocycles. The highest BCUT2D eigenvalue weighted by molar-refractivity contribution is 6.31. The molecule has 0 unspecified atom stereocenters. The molecule has 1 aromatic carbocycles. The molecule has 0 radical (unpaired) electrons. The van der Waals surface area contributed by atoms with Crippen LogP contribution in [0.5, 0.6) is 0 Å². The minimum absolute atomic E-state index is 0.00563. The van der Waals surface area contributed by atoms with Crippen molar-refractivity contribution in [1.29, 1.82) is 5.26 Å². The fourth-order valence-corrected chi connectivity index (χ4v) is 2.49. The third kappa shape index (κ3) is 3.94. The minimum atomic E-state index is -0.418. The molecule has 1 amide bonds. The Kier molecular flexibility index (Phi) is 5.60. The second-order valence-electron chi connectivity index (χ2n) is 5.52. The van der Waals surface area contributed by atoms with E-state index in [1.165, 1.54) is 12.1 Å². The van der Waals surface area contributed by atoms with E-state index in [0.29, 0.717) is 27.5 Å². The van der Waals surface area contributed by atoms with Crippen LogP contribution in [0.15, 0.2) is 22.6 Å². The van der Waals surface area contributed by atoms with Gasteiger partial charge in [-0.15, -0.1) is 0 Å². The van der Waals surface area contributed by atoms with Crippen molar-refractivity contribution >= 4 is 23.4 Å². The van der Waals surface area contributed by atoms with Gasteiger partial charge in [-0.25, -0.2) is 4.39 Å². The molecule has 0 bridgehead atoms. The SMILES string of the molecule is Cc1oc(NC(=O)CN(C)Cc2c(F)cccc2Cl)c(C#N)c1C. The van der Waals surface area contributed by atoms with Crippen molar-refractivity contribution in [3.05, 3.63) is 51.5 Å². The van der Waals surface area contributed by atoms with Crippen molar-refractivity contribution in [2.45, 2.75) is 20.4 Å². The number of rotatable bonds is 5. The summed E-state index contributed by atoms with van der Waals surface area (Å²) in [7, 11) is 1.67. The number of carbonyl (C=O) groups excluding carboxylic acids is 1. The molecule has 0 aliphatic heterocycles. The van der Waals surface area contributed by atoms with Gasteiger partial charge in [0.25, 0.3) is 0 Å². The number of carbonyl (C=O) groups is 1. The molecule has 1 aromatic heterocycles. The zero-order valence-corrected chi connectivity index (χ0v) is 14.4. The maximum Gasteiger partial charge on any atom is 0.240 e. The second kappa shape index (κ2) is 7.47. The number of nitrogens with zero attached hydrogens (tertiary/aromatic N) is 2. The zero-order chi connectivity index (χ0) is 17.9. The number of hydrogen-bond acceptors (Lipinski definition) is 4. The van der Waals surface area contributed by atoms with Crippen LogP contribution in [0.2, 0.25) is 5.02 Å². The van der Waals surface area contributed by atoms with Gasteiger partial charge in [-0.2, -0.15) is 5.26 Å². The normalized spacial score (nSPS) is 10.7. The Morgan fingerprint density at radius 2 is 2.17 bits per heavy atom. The highest BCUT2D eigenvalue weighted by atomic mass is 35.5. The minimum Gasteiger partial charge on any atom is -0.444 e. The molecular weight excluding hydrogens is 333 g/mol. The van der Waals surface area contributed by atoms with Gasteiger partial charge in [0.05, 0.1) is 6.54 Å². The van der Waals surface area contributed by atoms with Crippen LogP contribution in [0.25, 0.3) is 0 Å². The van der Waals surface area contributed by atoms with Gasteiger partial charge in [0.2, 0.25) is 11.8 Å². The molecule has 126 valence electrons. The Hall–Kier alpha value is -2.36. The maximum absolute atomic E-state index is 13.8. The summed E-state index contributed by atoms with van der Waals surface area (Å²) in [4.78, 5) is 13.7. The van der Waals surface area contributed by atoms with E-state index in [2.05, 4.69) is 5.32 Å². The molecule has 7 heteroatoms. The zero-order valence-electron chi connectivity index (χ0n) is 13.6. The van der Waals surface area contributed by atoms with E-state index in [4.69, 9.17) is 21.3 Å². The van der Waals surface area contributed by atoms with Crippen LogP contribution >= 0.6 is 11.6 Å². The van der Waals surface area contributed by atoms with Crippen LogP contribution in [0, 0.1) is 31.0 Å². The summed E-state index contributed by atoms with van der Waals surface area (Å²) >= 11 is 5.98. The van der Waals surface area contributed by atoms with E-state index >= 15 is 0 Å². The Labute approximate surface area is 144 Å². The topological polar surface area (TPSA) is 69.3 Å².